The fourth-order valence-electron chi connectivity index (χ4n) is 2.37. The molecule has 0 saturated heterocycles. The number of nitrogen functional groups attached to an aromatic ring is 1. The zero-order chi connectivity index (χ0) is 17.6. The van der Waals surface area contributed by atoms with E-state index < -0.39 is 5.91 Å². The lowest BCUT2D eigenvalue weighted by atomic mass is 10.1. The van der Waals surface area contributed by atoms with E-state index in [0.717, 1.165) is 17.7 Å². The van der Waals surface area contributed by atoms with Gasteiger partial charge >= 0.3 is 0 Å². The molecule has 0 radical (unpaired) electrons. The Morgan fingerprint density at radius 3 is 2.68 bits per heavy atom. The molecule has 1 amide bonds. The van der Waals surface area contributed by atoms with Crippen LogP contribution in [0, 0.1) is 0 Å². The number of hydrogen-bond donors (Lipinski definition) is 2. The summed E-state index contributed by atoms with van der Waals surface area (Å²) in [6.07, 6.45) is 6.34. The van der Waals surface area contributed by atoms with E-state index >= 15 is 0 Å². The zero-order valence-electron chi connectivity index (χ0n) is 13.9. The van der Waals surface area contributed by atoms with Crippen molar-refractivity contribution in [2.75, 3.05) is 11.1 Å². The predicted octanol–water partition coefficient (Wildman–Crippen LogP) is 3.78. The van der Waals surface area contributed by atoms with E-state index in [1.54, 1.807) is 0 Å². The predicted molar refractivity (Wildman–Crippen MR) is 101 cm³/mol. The number of rotatable bonds is 6. The smallest absolute Gasteiger partial charge is 0.279 e. The fourth-order valence-corrected chi connectivity index (χ4v) is 3.08. The first-order valence-corrected chi connectivity index (χ1v) is 8.98. The molecule has 1 aromatic carbocycles. The van der Waals surface area contributed by atoms with E-state index in [1.165, 1.54) is 42.1 Å². The van der Waals surface area contributed by atoms with Crippen molar-refractivity contribution in [2.45, 2.75) is 26.2 Å². The monoisotopic (exact) mass is 353 g/mol. The number of carbonyl (C=O) groups is 1. The molecule has 0 unspecified atom stereocenters. The second kappa shape index (κ2) is 7.85. The van der Waals surface area contributed by atoms with Crippen LogP contribution in [0.1, 0.15) is 35.8 Å². The third-order valence-electron chi connectivity index (χ3n) is 3.73. The first-order valence-electron chi connectivity index (χ1n) is 8.10. The molecular weight excluding hydrogens is 334 g/mol. The summed E-state index contributed by atoms with van der Waals surface area (Å²) in [7, 11) is 0. The molecule has 0 aliphatic heterocycles. The summed E-state index contributed by atoms with van der Waals surface area (Å²) in [6, 6.07) is 8.38. The van der Waals surface area contributed by atoms with Gasteiger partial charge in [0.25, 0.3) is 5.91 Å². The van der Waals surface area contributed by atoms with Crippen LogP contribution in [0.25, 0.3) is 11.3 Å². The molecule has 3 aromatic rings. The fraction of sp³-hybridized carbons (Fsp3) is 0.222. The van der Waals surface area contributed by atoms with Crippen LogP contribution in [0.15, 0.2) is 42.0 Å². The van der Waals surface area contributed by atoms with E-state index in [1.807, 2.05) is 5.38 Å². The Kier molecular flexibility index (Phi) is 5.35. The van der Waals surface area contributed by atoms with Gasteiger partial charge in [-0.3, -0.25) is 10.1 Å². The molecule has 6 nitrogen and oxygen atoms in total. The van der Waals surface area contributed by atoms with Crippen LogP contribution in [0.4, 0.5) is 10.9 Å². The maximum atomic E-state index is 12.2. The average Bonchev–Trinajstić information content (AvgIpc) is 3.09. The molecule has 3 rings (SSSR count). The highest BCUT2D eigenvalue weighted by molar-refractivity contribution is 7.14. The maximum Gasteiger partial charge on any atom is 0.279 e. The number of aryl methyl sites for hydroxylation is 1. The Balaban J connectivity index is 1.70. The van der Waals surface area contributed by atoms with Crippen molar-refractivity contribution < 1.29 is 4.79 Å². The molecule has 128 valence electrons. The topological polar surface area (TPSA) is 93.8 Å². The highest BCUT2D eigenvalue weighted by Gasteiger charge is 2.14. The number of nitrogens with one attached hydrogen (secondary N) is 1. The van der Waals surface area contributed by atoms with Crippen LogP contribution < -0.4 is 11.1 Å². The number of amides is 1. The zero-order valence-corrected chi connectivity index (χ0v) is 14.7. The summed E-state index contributed by atoms with van der Waals surface area (Å²) in [4.78, 5) is 24.5. The maximum absolute atomic E-state index is 12.2. The standard InChI is InChI=1S/C18H19N5OS/c1-2-3-4-12-5-7-13(8-6-12)14-11-25-18(22-14)23-17(24)15-16(19)21-10-9-20-15/h5-11H,2-4H2,1H3,(H2,19,21)(H,22,23,24). The van der Waals surface area contributed by atoms with E-state index in [9.17, 15) is 4.79 Å². The van der Waals surface area contributed by atoms with Crippen molar-refractivity contribution >= 4 is 28.2 Å². The molecule has 0 bridgehead atoms. The molecule has 0 atom stereocenters. The van der Waals surface area contributed by atoms with E-state index in [0.29, 0.717) is 5.13 Å². The van der Waals surface area contributed by atoms with Crippen molar-refractivity contribution in [3.05, 3.63) is 53.3 Å². The lowest BCUT2D eigenvalue weighted by molar-refractivity contribution is 0.102. The van der Waals surface area contributed by atoms with Gasteiger partial charge in [0.1, 0.15) is 0 Å². The van der Waals surface area contributed by atoms with E-state index in [4.69, 9.17) is 5.73 Å². The number of unbranched alkanes of at least 4 members (excludes halogenated alkanes) is 1. The summed E-state index contributed by atoms with van der Waals surface area (Å²) >= 11 is 1.36. The van der Waals surface area contributed by atoms with Gasteiger partial charge in [-0.05, 0) is 18.4 Å². The van der Waals surface area contributed by atoms with Crippen molar-refractivity contribution in [3.63, 3.8) is 0 Å². The highest BCUT2D eigenvalue weighted by atomic mass is 32.1. The molecule has 0 fully saturated rings. The first-order chi connectivity index (χ1) is 12.2. The Morgan fingerprint density at radius 1 is 1.20 bits per heavy atom. The summed E-state index contributed by atoms with van der Waals surface area (Å²) in [5.41, 5.74) is 8.94. The lowest BCUT2D eigenvalue weighted by Gasteiger charge is -2.03. The summed E-state index contributed by atoms with van der Waals surface area (Å²) in [5.74, 6) is -0.319. The van der Waals surface area contributed by atoms with Crippen molar-refractivity contribution in [3.8, 4) is 11.3 Å². The van der Waals surface area contributed by atoms with Gasteiger partial charge in [0.2, 0.25) is 0 Å². The van der Waals surface area contributed by atoms with Crippen LogP contribution in [-0.4, -0.2) is 20.9 Å². The molecule has 0 aliphatic rings. The third-order valence-corrected chi connectivity index (χ3v) is 4.49. The molecule has 3 N–H and O–H groups in total. The number of carbonyl (C=O) groups excluding carboxylic acids is 1. The minimum atomic E-state index is -0.415. The average molecular weight is 353 g/mol. The third kappa shape index (κ3) is 4.19. The number of thiazole rings is 1. The minimum absolute atomic E-state index is 0.0967. The van der Waals surface area contributed by atoms with Crippen LogP contribution >= 0.6 is 11.3 Å². The second-order valence-electron chi connectivity index (χ2n) is 5.58. The van der Waals surface area contributed by atoms with Gasteiger partial charge < -0.3 is 5.73 Å². The number of hydrogen-bond acceptors (Lipinski definition) is 6. The van der Waals surface area contributed by atoms with Crippen LogP contribution in [0.3, 0.4) is 0 Å². The van der Waals surface area contributed by atoms with Gasteiger partial charge in [0.05, 0.1) is 5.69 Å². The Morgan fingerprint density at radius 2 is 1.96 bits per heavy atom. The number of nitrogens with two attached hydrogens (primary N) is 1. The molecule has 25 heavy (non-hydrogen) atoms. The normalized spacial score (nSPS) is 10.6. The van der Waals surface area contributed by atoms with E-state index in [-0.39, 0.29) is 11.5 Å². The Hall–Kier alpha value is -2.80. The van der Waals surface area contributed by atoms with Crippen LogP contribution in [0.2, 0.25) is 0 Å². The molecule has 2 heterocycles. The lowest BCUT2D eigenvalue weighted by Crippen LogP contribution is -2.16. The van der Waals surface area contributed by atoms with Crippen molar-refractivity contribution in [1.82, 2.24) is 15.0 Å². The van der Waals surface area contributed by atoms with Crippen molar-refractivity contribution in [2.24, 2.45) is 0 Å². The highest BCUT2D eigenvalue weighted by Crippen LogP contribution is 2.26. The van der Waals surface area contributed by atoms with Gasteiger partial charge in [0, 0.05) is 23.3 Å². The van der Waals surface area contributed by atoms with Crippen LogP contribution in [-0.2, 0) is 6.42 Å². The first kappa shape index (κ1) is 17.0. The number of nitrogens with zero attached hydrogens (tertiary/aromatic N) is 3. The Bertz CT molecular complexity index is 860. The minimum Gasteiger partial charge on any atom is -0.382 e. The molecule has 0 aliphatic carbocycles. The Labute approximate surface area is 150 Å². The van der Waals surface area contributed by atoms with Crippen LogP contribution in [0.5, 0.6) is 0 Å². The summed E-state index contributed by atoms with van der Waals surface area (Å²) in [6.45, 7) is 2.19. The summed E-state index contributed by atoms with van der Waals surface area (Å²) in [5, 5.41) is 5.13. The van der Waals surface area contributed by atoms with Crippen molar-refractivity contribution in [1.29, 1.82) is 0 Å². The molecule has 7 heteroatoms. The SMILES string of the molecule is CCCCc1ccc(-c2csc(NC(=O)c3nccnc3N)n2)cc1. The number of benzene rings is 1. The number of aromatic nitrogens is 3. The number of anilines is 2. The molecular formula is C18H19N5OS. The van der Waals surface area contributed by atoms with E-state index in [2.05, 4.69) is 51.5 Å². The van der Waals surface area contributed by atoms with Gasteiger partial charge in [-0.2, -0.15) is 0 Å². The quantitative estimate of drug-likeness (QED) is 0.703. The van der Waals surface area contributed by atoms with Gasteiger partial charge in [-0.25, -0.2) is 15.0 Å². The molecule has 2 aromatic heterocycles. The largest absolute Gasteiger partial charge is 0.382 e. The molecule has 0 saturated carbocycles. The van der Waals surface area contributed by atoms with Gasteiger partial charge in [-0.1, -0.05) is 37.6 Å². The molecule has 0 spiro atoms. The second-order valence-corrected chi connectivity index (χ2v) is 6.44. The summed E-state index contributed by atoms with van der Waals surface area (Å²) < 4.78 is 0. The van der Waals surface area contributed by atoms with Gasteiger partial charge in [0.15, 0.2) is 16.6 Å². The van der Waals surface area contributed by atoms with Gasteiger partial charge in [-0.15, -0.1) is 11.3 Å².